The molecule has 2 rings (SSSR count). The molecule has 20 heavy (non-hydrogen) atoms. The Hall–Kier alpha value is -2.10. The van der Waals surface area contributed by atoms with E-state index in [0.29, 0.717) is 0 Å². The summed E-state index contributed by atoms with van der Waals surface area (Å²) in [6, 6.07) is 5.48. The molecule has 0 atom stereocenters. The van der Waals surface area contributed by atoms with Gasteiger partial charge in [0.1, 0.15) is 0 Å². The van der Waals surface area contributed by atoms with Crippen LogP contribution in [0.25, 0.3) is 0 Å². The number of hydrogen-bond acceptors (Lipinski definition) is 5. The Balaban J connectivity index is 2.09. The van der Waals surface area contributed by atoms with E-state index in [4.69, 9.17) is 0 Å². The molecule has 0 bridgehead atoms. The van der Waals surface area contributed by atoms with Crippen LogP contribution in [-0.2, 0) is 6.54 Å². The Morgan fingerprint density at radius 2 is 2.10 bits per heavy atom. The molecule has 0 aliphatic rings. The first kappa shape index (κ1) is 14.3. The molecular weight excluding hydrogens is 295 g/mol. The number of nitrogens with one attached hydrogen (secondary N) is 2. The normalized spacial score (nSPS) is 11.3. The SMILES string of the molecule is O=C(NCc1nn[nH]n1)c1ccccc1SC(F)(F)F. The van der Waals surface area contributed by atoms with Crippen LogP contribution < -0.4 is 5.32 Å². The molecule has 106 valence electrons. The van der Waals surface area contributed by atoms with Gasteiger partial charge in [0.05, 0.1) is 12.1 Å². The molecule has 1 heterocycles. The van der Waals surface area contributed by atoms with Gasteiger partial charge in [0.25, 0.3) is 5.91 Å². The molecule has 1 aromatic carbocycles. The summed E-state index contributed by atoms with van der Waals surface area (Å²) >= 11 is -0.332. The average Bonchev–Trinajstić information content (AvgIpc) is 2.88. The lowest BCUT2D eigenvalue weighted by Crippen LogP contribution is -2.24. The number of hydrogen-bond donors (Lipinski definition) is 2. The van der Waals surface area contributed by atoms with E-state index in [0.717, 1.165) is 0 Å². The molecule has 6 nitrogen and oxygen atoms in total. The standard InChI is InChI=1S/C10H8F3N5OS/c11-10(12,13)20-7-4-2-1-3-6(7)9(19)14-5-8-15-17-18-16-8/h1-4H,5H2,(H,14,19)(H,15,16,17,18). The van der Waals surface area contributed by atoms with Crippen LogP contribution in [0.15, 0.2) is 29.2 Å². The van der Waals surface area contributed by atoms with Crippen LogP contribution in [0.4, 0.5) is 13.2 Å². The van der Waals surface area contributed by atoms with Gasteiger partial charge in [0.2, 0.25) is 0 Å². The molecule has 0 saturated heterocycles. The van der Waals surface area contributed by atoms with Gasteiger partial charge in [-0.2, -0.15) is 18.4 Å². The van der Waals surface area contributed by atoms with Crippen molar-refractivity contribution in [2.75, 3.05) is 0 Å². The second-order valence-electron chi connectivity index (χ2n) is 3.55. The number of halogens is 3. The summed E-state index contributed by atoms with van der Waals surface area (Å²) < 4.78 is 37.2. The Bertz CT molecular complexity index is 587. The molecule has 0 unspecified atom stereocenters. The third-order valence-electron chi connectivity index (χ3n) is 2.15. The summed E-state index contributed by atoms with van der Waals surface area (Å²) in [5.74, 6) is -0.401. The molecule has 0 aliphatic heterocycles. The van der Waals surface area contributed by atoms with Gasteiger partial charge in [-0.05, 0) is 23.9 Å². The number of carbonyl (C=O) groups excluding carboxylic acids is 1. The van der Waals surface area contributed by atoms with Crippen LogP contribution in [0.5, 0.6) is 0 Å². The van der Waals surface area contributed by atoms with Gasteiger partial charge in [-0.25, -0.2) is 0 Å². The van der Waals surface area contributed by atoms with Gasteiger partial charge >= 0.3 is 5.51 Å². The molecule has 1 aromatic heterocycles. The van der Waals surface area contributed by atoms with E-state index in [-0.39, 0.29) is 34.6 Å². The molecule has 10 heteroatoms. The highest BCUT2D eigenvalue weighted by molar-refractivity contribution is 8.00. The van der Waals surface area contributed by atoms with E-state index in [9.17, 15) is 18.0 Å². The predicted molar refractivity (Wildman–Crippen MR) is 63.7 cm³/mol. The fourth-order valence-corrected chi connectivity index (χ4v) is 2.05. The highest BCUT2D eigenvalue weighted by Gasteiger charge is 2.31. The molecule has 2 aromatic rings. The summed E-state index contributed by atoms with van der Waals surface area (Å²) in [5, 5.41) is 15.2. The van der Waals surface area contributed by atoms with E-state index in [2.05, 4.69) is 25.9 Å². The maximum atomic E-state index is 12.4. The van der Waals surface area contributed by atoms with Crippen molar-refractivity contribution in [2.45, 2.75) is 16.9 Å². The van der Waals surface area contributed by atoms with Gasteiger partial charge in [-0.15, -0.1) is 10.2 Å². The zero-order valence-electron chi connectivity index (χ0n) is 9.81. The fraction of sp³-hybridized carbons (Fsp3) is 0.200. The maximum absolute atomic E-state index is 12.4. The van der Waals surface area contributed by atoms with Crippen molar-refractivity contribution in [3.63, 3.8) is 0 Å². The van der Waals surface area contributed by atoms with Crippen LogP contribution in [0.2, 0.25) is 0 Å². The fourth-order valence-electron chi connectivity index (χ4n) is 1.38. The molecular formula is C10H8F3N5OS. The Morgan fingerprint density at radius 3 is 2.75 bits per heavy atom. The summed E-state index contributed by atoms with van der Waals surface area (Å²) in [6.07, 6.45) is 0. The third-order valence-corrected chi connectivity index (χ3v) is 2.96. The van der Waals surface area contributed by atoms with Gasteiger partial charge in [-0.1, -0.05) is 17.3 Å². The second-order valence-corrected chi connectivity index (χ2v) is 4.66. The molecule has 0 saturated carbocycles. The van der Waals surface area contributed by atoms with Gasteiger partial charge in [0.15, 0.2) is 5.82 Å². The van der Waals surface area contributed by atoms with E-state index < -0.39 is 11.4 Å². The van der Waals surface area contributed by atoms with Crippen LogP contribution in [0.1, 0.15) is 16.2 Å². The number of aromatic nitrogens is 4. The minimum absolute atomic E-state index is 0.0274. The monoisotopic (exact) mass is 303 g/mol. The van der Waals surface area contributed by atoms with E-state index >= 15 is 0 Å². The van der Waals surface area contributed by atoms with Gasteiger partial charge in [0, 0.05) is 4.90 Å². The number of H-pyrrole nitrogens is 1. The van der Waals surface area contributed by atoms with E-state index in [1.807, 2.05) is 0 Å². The summed E-state index contributed by atoms with van der Waals surface area (Å²) in [5.41, 5.74) is -4.51. The van der Waals surface area contributed by atoms with Crippen molar-refractivity contribution >= 4 is 17.7 Å². The summed E-state index contributed by atoms with van der Waals surface area (Å²) in [4.78, 5) is 11.7. The highest BCUT2D eigenvalue weighted by Crippen LogP contribution is 2.38. The quantitative estimate of drug-likeness (QED) is 0.841. The summed E-state index contributed by atoms with van der Waals surface area (Å²) in [7, 11) is 0. The maximum Gasteiger partial charge on any atom is 0.446 e. The minimum atomic E-state index is -4.45. The van der Waals surface area contributed by atoms with Crippen LogP contribution in [0.3, 0.4) is 0 Å². The molecule has 2 N–H and O–H groups in total. The molecule has 0 fully saturated rings. The number of thioether (sulfide) groups is 1. The largest absolute Gasteiger partial charge is 0.446 e. The summed E-state index contributed by atoms with van der Waals surface area (Å²) in [6.45, 7) is -0.0274. The van der Waals surface area contributed by atoms with Crippen molar-refractivity contribution in [3.05, 3.63) is 35.7 Å². The smallest absolute Gasteiger partial charge is 0.345 e. The lowest BCUT2D eigenvalue weighted by Gasteiger charge is -2.10. The number of carbonyl (C=O) groups is 1. The lowest BCUT2D eigenvalue weighted by molar-refractivity contribution is -0.0328. The number of rotatable bonds is 4. The molecule has 0 aliphatic carbocycles. The Morgan fingerprint density at radius 1 is 1.35 bits per heavy atom. The number of aromatic amines is 1. The highest BCUT2D eigenvalue weighted by atomic mass is 32.2. The zero-order valence-corrected chi connectivity index (χ0v) is 10.6. The van der Waals surface area contributed by atoms with Crippen molar-refractivity contribution in [3.8, 4) is 0 Å². The van der Waals surface area contributed by atoms with Crippen LogP contribution in [-0.4, -0.2) is 32.0 Å². The first-order valence-corrected chi connectivity index (χ1v) is 6.12. The van der Waals surface area contributed by atoms with Crippen LogP contribution >= 0.6 is 11.8 Å². The number of tetrazole rings is 1. The van der Waals surface area contributed by atoms with Gasteiger partial charge < -0.3 is 5.32 Å². The first-order chi connectivity index (χ1) is 9.46. The van der Waals surface area contributed by atoms with Crippen molar-refractivity contribution in [1.82, 2.24) is 25.9 Å². The van der Waals surface area contributed by atoms with Crippen molar-refractivity contribution in [1.29, 1.82) is 0 Å². The van der Waals surface area contributed by atoms with E-state index in [1.165, 1.54) is 24.3 Å². The average molecular weight is 303 g/mol. The third kappa shape index (κ3) is 3.95. The molecule has 0 spiro atoms. The number of alkyl halides is 3. The van der Waals surface area contributed by atoms with Gasteiger partial charge in [-0.3, -0.25) is 4.79 Å². The molecule has 1 amide bonds. The Kier molecular flexibility index (Phi) is 4.23. The predicted octanol–water partition coefficient (Wildman–Crippen LogP) is 1.74. The first-order valence-electron chi connectivity index (χ1n) is 5.31. The second kappa shape index (κ2) is 5.90. The number of nitrogens with zero attached hydrogens (tertiary/aromatic N) is 3. The van der Waals surface area contributed by atoms with Crippen LogP contribution in [0, 0.1) is 0 Å². The van der Waals surface area contributed by atoms with Crippen molar-refractivity contribution < 1.29 is 18.0 Å². The zero-order chi connectivity index (χ0) is 14.6. The Labute approximate surface area is 115 Å². The van der Waals surface area contributed by atoms with E-state index in [1.54, 1.807) is 0 Å². The topological polar surface area (TPSA) is 83.6 Å². The minimum Gasteiger partial charge on any atom is -0.345 e. The number of amides is 1. The lowest BCUT2D eigenvalue weighted by atomic mass is 10.2. The van der Waals surface area contributed by atoms with Crippen molar-refractivity contribution in [2.24, 2.45) is 0 Å². The number of benzene rings is 1. The molecule has 0 radical (unpaired) electrons.